The molecule has 2 aliphatic heterocycles. The van der Waals surface area contributed by atoms with Crippen molar-refractivity contribution in [2.24, 2.45) is 0 Å². The molecule has 0 saturated heterocycles. The van der Waals surface area contributed by atoms with Gasteiger partial charge in [0.1, 0.15) is 0 Å². The Hall–Kier alpha value is -4.28. The van der Waals surface area contributed by atoms with Gasteiger partial charge in [0, 0.05) is 43.3 Å². The van der Waals surface area contributed by atoms with Crippen molar-refractivity contribution >= 4 is 78.0 Å². The Balaban J connectivity index is 1.40. The fourth-order valence-corrected chi connectivity index (χ4v) is 10.2. The molecule has 1 aromatic heterocycles. The summed E-state index contributed by atoms with van der Waals surface area (Å²) in [6.45, 7) is 19.1. The van der Waals surface area contributed by atoms with Gasteiger partial charge >= 0.3 is 0 Å². The van der Waals surface area contributed by atoms with Gasteiger partial charge in [-0.05, 0) is 124 Å². The molecule has 0 spiro atoms. The van der Waals surface area contributed by atoms with Crippen molar-refractivity contribution in [2.45, 2.75) is 84.5 Å². The Morgan fingerprint density at radius 3 is 1.92 bits per heavy atom. The van der Waals surface area contributed by atoms with Crippen molar-refractivity contribution < 1.29 is 0 Å². The van der Waals surface area contributed by atoms with E-state index in [0.717, 1.165) is 0 Å². The van der Waals surface area contributed by atoms with Gasteiger partial charge < -0.3 is 9.80 Å². The molecule has 0 saturated carbocycles. The minimum atomic E-state index is 0.0889. The first-order chi connectivity index (χ1) is 23.3. The van der Waals surface area contributed by atoms with Crippen LogP contribution < -0.4 is 25.5 Å². The topological polar surface area (TPSA) is 6.48 Å². The van der Waals surface area contributed by atoms with E-state index in [4.69, 9.17) is 0 Å². The SMILES string of the molecule is Cc1cc2c3c(c1)N(c1ccc(C(C)(C)C)cc1)c1c(sc4cc5c(cc14)C(C)(C)CCC5(C)C)B3c1ccccc1N2c1ccccc1. The molecule has 3 aliphatic rings. The molecule has 0 fully saturated rings. The molecule has 0 radical (unpaired) electrons. The van der Waals surface area contributed by atoms with Gasteiger partial charge in [-0.1, -0.05) is 97.0 Å². The third-order valence-electron chi connectivity index (χ3n) is 11.7. The van der Waals surface area contributed by atoms with E-state index in [2.05, 4.69) is 168 Å². The highest BCUT2D eigenvalue weighted by Crippen LogP contribution is 2.52. The first-order valence-electron chi connectivity index (χ1n) is 17.9. The molecule has 0 unspecified atom stereocenters. The zero-order chi connectivity index (χ0) is 34.0. The number of fused-ring (bicyclic) bond motifs is 7. The second kappa shape index (κ2) is 10.4. The van der Waals surface area contributed by atoms with Crippen LogP contribution in [0, 0.1) is 6.92 Å². The van der Waals surface area contributed by atoms with Crippen LogP contribution in [0.15, 0.2) is 103 Å². The van der Waals surface area contributed by atoms with Gasteiger partial charge in [0.2, 0.25) is 0 Å². The van der Waals surface area contributed by atoms with Gasteiger partial charge in [0.15, 0.2) is 0 Å². The van der Waals surface area contributed by atoms with Gasteiger partial charge in [-0.15, -0.1) is 11.3 Å². The summed E-state index contributed by atoms with van der Waals surface area (Å²) < 4.78 is 2.85. The van der Waals surface area contributed by atoms with Crippen LogP contribution in [0.4, 0.5) is 34.1 Å². The van der Waals surface area contributed by atoms with Crippen molar-refractivity contribution in [1.82, 2.24) is 0 Å². The molecular weight excluding hydrogens is 611 g/mol. The fourth-order valence-electron chi connectivity index (χ4n) is 8.86. The lowest BCUT2D eigenvalue weighted by molar-refractivity contribution is 0.332. The minimum Gasteiger partial charge on any atom is -0.311 e. The largest absolute Gasteiger partial charge is 0.311 e. The molecule has 3 heterocycles. The Labute approximate surface area is 296 Å². The van der Waals surface area contributed by atoms with Crippen LogP contribution >= 0.6 is 11.3 Å². The number of aryl methyl sites for hydroxylation is 1. The van der Waals surface area contributed by atoms with Crippen molar-refractivity contribution in [2.75, 3.05) is 9.80 Å². The van der Waals surface area contributed by atoms with E-state index < -0.39 is 0 Å². The number of hydrogen-bond acceptors (Lipinski definition) is 3. The Morgan fingerprint density at radius 1 is 0.653 bits per heavy atom. The summed E-state index contributed by atoms with van der Waals surface area (Å²) in [6, 6.07) is 39.5. The highest BCUT2D eigenvalue weighted by Gasteiger charge is 2.46. The van der Waals surface area contributed by atoms with E-state index >= 15 is 0 Å². The van der Waals surface area contributed by atoms with Crippen LogP contribution in [0.25, 0.3) is 10.1 Å². The van der Waals surface area contributed by atoms with Crippen molar-refractivity contribution in [1.29, 1.82) is 0 Å². The second-order valence-corrected chi connectivity index (χ2v) is 18.1. The number of benzene rings is 5. The lowest BCUT2D eigenvalue weighted by atomic mass is 9.36. The maximum absolute atomic E-state index is 2.62. The fraction of sp³-hybridized carbons (Fsp3) is 0.289. The molecule has 0 amide bonds. The number of rotatable bonds is 2. The molecule has 4 heteroatoms. The van der Waals surface area contributed by atoms with E-state index in [9.17, 15) is 0 Å². The third-order valence-corrected chi connectivity index (χ3v) is 12.9. The standard InChI is InChI=1S/C45H45BN2S/c1-28-24-37-40-38(25-28)48(31-20-18-29(19-21-31)43(2,3)4)41-32-26-33-34(45(7,8)23-22-44(33,5)6)27-39(32)49-42(41)46(40)35-16-12-13-17-36(35)47(37)30-14-10-9-11-15-30/h9-21,24-27H,22-23H2,1-8H3. The number of hydrogen-bond donors (Lipinski definition) is 0. The van der Waals surface area contributed by atoms with E-state index in [1.165, 1.54) is 95.0 Å². The zero-order valence-electron chi connectivity index (χ0n) is 30.1. The number of nitrogens with zero attached hydrogens (tertiary/aromatic N) is 2. The summed E-state index contributed by atoms with van der Waals surface area (Å²) >= 11 is 2.02. The first kappa shape index (κ1) is 30.8. The molecule has 2 nitrogen and oxygen atoms in total. The van der Waals surface area contributed by atoms with Gasteiger partial charge in [-0.2, -0.15) is 0 Å². The van der Waals surface area contributed by atoms with Crippen LogP contribution in [0.3, 0.4) is 0 Å². The van der Waals surface area contributed by atoms with Crippen LogP contribution in [-0.4, -0.2) is 6.71 Å². The lowest BCUT2D eigenvalue weighted by Crippen LogP contribution is -2.60. The normalized spacial score (nSPS) is 17.0. The maximum atomic E-state index is 2.62. The highest BCUT2D eigenvalue weighted by atomic mass is 32.1. The summed E-state index contributed by atoms with van der Waals surface area (Å²) in [6.07, 6.45) is 2.43. The number of para-hydroxylation sites is 2. The van der Waals surface area contributed by atoms with Gasteiger partial charge in [0.25, 0.3) is 6.71 Å². The summed E-state index contributed by atoms with van der Waals surface area (Å²) in [5.74, 6) is 0. The molecule has 0 bridgehead atoms. The molecule has 49 heavy (non-hydrogen) atoms. The Morgan fingerprint density at radius 2 is 1.24 bits per heavy atom. The lowest BCUT2D eigenvalue weighted by Gasteiger charge is -2.43. The molecular formula is C45H45BN2S. The average Bonchev–Trinajstić information content (AvgIpc) is 3.44. The van der Waals surface area contributed by atoms with E-state index in [0.29, 0.717) is 0 Å². The number of thiophene rings is 1. The summed E-state index contributed by atoms with van der Waals surface area (Å²) in [5.41, 5.74) is 16.5. The Bertz CT molecular complexity index is 2290. The second-order valence-electron chi connectivity index (χ2n) is 17.0. The molecule has 0 atom stereocenters. The van der Waals surface area contributed by atoms with Crippen LogP contribution in [0.1, 0.15) is 83.6 Å². The van der Waals surface area contributed by atoms with E-state index in [1.54, 1.807) is 0 Å². The zero-order valence-corrected chi connectivity index (χ0v) is 30.9. The monoisotopic (exact) mass is 656 g/mol. The summed E-state index contributed by atoms with van der Waals surface area (Å²) in [4.78, 5) is 5.12. The van der Waals surface area contributed by atoms with Gasteiger partial charge in [-0.3, -0.25) is 0 Å². The predicted octanol–water partition coefficient (Wildman–Crippen LogP) is 10.9. The van der Waals surface area contributed by atoms with Crippen LogP contribution in [0.2, 0.25) is 0 Å². The smallest absolute Gasteiger partial charge is 0.264 e. The van der Waals surface area contributed by atoms with Crippen LogP contribution in [0.5, 0.6) is 0 Å². The van der Waals surface area contributed by atoms with Crippen LogP contribution in [-0.2, 0) is 16.2 Å². The number of anilines is 6. The predicted molar refractivity (Wildman–Crippen MR) is 215 cm³/mol. The van der Waals surface area contributed by atoms with Crippen molar-refractivity contribution in [3.63, 3.8) is 0 Å². The molecule has 5 aromatic carbocycles. The van der Waals surface area contributed by atoms with Crippen molar-refractivity contribution in [3.05, 3.63) is 125 Å². The quantitative estimate of drug-likeness (QED) is 0.171. The van der Waals surface area contributed by atoms with Gasteiger partial charge in [0.05, 0.1) is 5.69 Å². The molecule has 244 valence electrons. The van der Waals surface area contributed by atoms with E-state index in [1.807, 2.05) is 11.3 Å². The van der Waals surface area contributed by atoms with Crippen molar-refractivity contribution in [3.8, 4) is 0 Å². The van der Waals surface area contributed by atoms with E-state index in [-0.39, 0.29) is 23.0 Å². The molecule has 0 N–H and O–H groups in total. The van der Waals surface area contributed by atoms with Gasteiger partial charge in [-0.25, -0.2) is 0 Å². The summed E-state index contributed by atoms with van der Waals surface area (Å²) in [5, 5.41) is 1.39. The molecule has 9 rings (SSSR count). The first-order valence-corrected chi connectivity index (χ1v) is 18.8. The highest BCUT2D eigenvalue weighted by molar-refractivity contribution is 7.33. The molecule has 6 aromatic rings. The molecule has 1 aliphatic carbocycles. The Kier molecular flexibility index (Phi) is 6.51. The minimum absolute atomic E-state index is 0.0889. The third kappa shape index (κ3) is 4.52. The average molecular weight is 657 g/mol. The maximum Gasteiger partial charge on any atom is 0.264 e. The summed E-state index contributed by atoms with van der Waals surface area (Å²) in [7, 11) is 0.